The molecule has 6 heteroatoms. The Morgan fingerprint density at radius 3 is 2.82 bits per heavy atom. The van der Waals surface area contributed by atoms with Crippen molar-refractivity contribution in [3.8, 4) is 0 Å². The standard InChI is InChI=1S/C11H22N4O2/c1-17-6-5-13-10(16)8-15-11(12)14-7-9-3-2-4-9/h9H,2-8H2,1H3,(H,13,16)(H3,12,14,15). The fourth-order valence-electron chi connectivity index (χ4n) is 1.51. The van der Waals surface area contributed by atoms with Gasteiger partial charge >= 0.3 is 0 Å². The molecule has 0 atom stereocenters. The highest BCUT2D eigenvalue weighted by atomic mass is 16.5. The average Bonchev–Trinajstić information content (AvgIpc) is 2.24. The summed E-state index contributed by atoms with van der Waals surface area (Å²) < 4.78 is 4.81. The zero-order valence-electron chi connectivity index (χ0n) is 10.4. The van der Waals surface area contributed by atoms with Crippen LogP contribution in [0.1, 0.15) is 19.3 Å². The number of hydrogen-bond donors (Lipinski definition) is 3. The van der Waals surface area contributed by atoms with Gasteiger partial charge in [0.15, 0.2) is 5.96 Å². The predicted molar refractivity (Wildman–Crippen MR) is 66.7 cm³/mol. The van der Waals surface area contributed by atoms with Crippen LogP contribution in [-0.4, -0.2) is 45.2 Å². The van der Waals surface area contributed by atoms with Crippen LogP contribution >= 0.6 is 0 Å². The number of nitrogens with one attached hydrogen (secondary N) is 2. The fourth-order valence-corrected chi connectivity index (χ4v) is 1.51. The molecule has 0 heterocycles. The van der Waals surface area contributed by atoms with Crippen LogP contribution < -0.4 is 16.4 Å². The minimum absolute atomic E-state index is 0.0627. The number of amides is 1. The third kappa shape index (κ3) is 6.11. The second kappa shape index (κ2) is 7.89. The first-order valence-electron chi connectivity index (χ1n) is 6.01. The number of guanidine groups is 1. The largest absolute Gasteiger partial charge is 0.383 e. The molecule has 0 aromatic carbocycles. The van der Waals surface area contributed by atoms with Crippen molar-refractivity contribution in [2.75, 3.05) is 33.4 Å². The Labute approximate surface area is 102 Å². The zero-order valence-corrected chi connectivity index (χ0v) is 10.4. The van der Waals surface area contributed by atoms with Gasteiger partial charge in [-0.1, -0.05) is 6.42 Å². The van der Waals surface area contributed by atoms with E-state index in [1.165, 1.54) is 19.3 Å². The Morgan fingerprint density at radius 1 is 1.47 bits per heavy atom. The van der Waals surface area contributed by atoms with E-state index in [2.05, 4.69) is 15.6 Å². The predicted octanol–water partition coefficient (Wildman–Crippen LogP) is -0.547. The van der Waals surface area contributed by atoms with Gasteiger partial charge < -0.3 is 21.1 Å². The normalized spacial score (nSPS) is 16.4. The Balaban J connectivity index is 2.06. The second-order valence-corrected chi connectivity index (χ2v) is 4.22. The van der Waals surface area contributed by atoms with Crippen molar-refractivity contribution in [2.24, 2.45) is 16.6 Å². The number of aliphatic imine (C=N–C) groups is 1. The van der Waals surface area contributed by atoms with E-state index in [4.69, 9.17) is 10.5 Å². The van der Waals surface area contributed by atoms with Crippen molar-refractivity contribution >= 4 is 11.9 Å². The van der Waals surface area contributed by atoms with Crippen molar-refractivity contribution < 1.29 is 9.53 Å². The number of rotatable bonds is 7. The molecule has 1 aliphatic rings. The molecule has 4 N–H and O–H groups in total. The summed E-state index contributed by atoms with van der Waals surface area (Å²) in [5.41, 5.74) is 5.64. The van der Waals surface area contributed by atoms with Gasteiger partial charge in [0.2, 0.25) is 5.91 Å². The Kier molecular flexibility index (Phi) is 6.39. The van der Waals surface area contributed by atoms with E-state index >= 15 is 0 Å². The van der Waals surface area contributed by atoms with Gasteiger partial charge in [-0.05, 0) is 18.8 Å². The van der Waals surface area contributed by atoms with Gasteiger partial charge in [-0.15, -0.1) is 0 Å². The molecule has 1 saturated carbocycles. The smallest absolute Gasteiger partial charge is 0.241 e. The van der Waals surface area contributed by atoms with Crippen LogP contribution in [0, 0.1) is 5.92 Å². The first kappa shape index (κ1) is 13.8. The third-order valence-corrected chi connectivity index (χ3v) is 2.82. The third-order valence-electron chi connectivity index (χ3n) is 2.82. The minimum atomic E-state index is -0.143. The number of nitrogens with two attached hydrogens (primary N) is 1. The summed E-state index contributed by atoms with van der Waals surface area (Å²) in [6.45, 7) is 1.93. The molecule has 0 radical (unpaired) electrons. The highest BCUT2D eigenvalue weighted by molar-refractivity contribution is 5.83. The number of carbonyl (C=O) groups is 1. The van der Waals surface area contributed by atoms with Crippen LogP contribution in [0.15, 0.2) is 4.99 Å². The van der Waals surface area contributed by atoms with Crippen molar-refractivity contribution in [3.63, 3.8) is 0 Å². The van der Waals surface area contributed by atoms with Crippen LogP contribution in [0.5, 0.6) is 0 Å². The second-order valence-electron chi connectivity index (χ2n) is 4.22. The molecule has 0 bridgehead atoms. The number of methoxy groups -OCH3 is 1. The summed E-state index contributed by atoms with van der Waals surface area (Å²) in [6, 6.07) is 0. The lowest BCUT2D eigenvalue weighted by Crippen LogP contribution is -2.38. The molecule has 0 aromatic heterocycles. The maximum absolute atomic E-state index is 11.3. The molecule has 1 amide bonds. The maximum Gasteiger partial charge on any atom is 0.241 e. The number of ether oxygens (including phenoxy) is 1. The Hall–Kier alpha value is -1.30. The minimum Gasteiger partial charge on any atom is -0.383 e. The van der Waals surface area contributed by atoms with E-state index < -0.39 is 0 Å². The Bertz CT molecular complexity index is 264. The van der Waals surface area contributed by atoms with E-state index in [-0.39, 0.29) is 12.5 Å². The fraction of sp³-hybridized carbons (Fsp3) is 0.818. The molecular weight excluding hydrogens is 220 g/mol. The van der Waals surface area contributed by atoms with Gasteiger partial charge in [0.1, 0.15) is 6.54 Å². The molecule has 1 aliphatic carbocycles. The maximum atomic E-state index is 11.3. The van der Waals surface area contributed by atoms with Crippen molar-refractivity contribution in [2.45, 2.75) is 19.3 Å². The van der Waals surface area contributed by atoms with Gasteiger partial charge in [-0.25, -0.2) is 4.99 Å². The van der Waals surface area contributed by atoms with Gasteiger partial charge in [-0.2, -0.15) is 0 Å². The summed E-state index contributed by atoms with van der Waals surface area (Å²) in [5.74, 6) is 0.925. The lowest BCUT2D eigenvalue weighted by Gasteiger charge is -2.25. The number of carbonyl (C=O) groups excluding carboxylic acids is 1. The highest BCUT2D eigenvalue weighted by Crippen LogP contribution is 2.24. The van der Waals surface area contributed by atoms with Gasteiger partial charge in [0.25, 0.3) is 0 Å². The summed E-state index contributed by atoms with van der Waals surface area (Å²) in [4.78, 5) is 15.2. The first-order chi connectivity index (χ1) is 8.22. The van der Waals surface area contributed by atoms with Gasteiger partial charge in [0, 0.05) is 20.2 Å². The monoisotopic (exact) mass is 242 g/mol. The molecule has 0 aromatic rings. The molecule has 0 aliphatic heterocycles. The first-order valence-corrected chi connectivity index (χ1v) is 6.01. The molecule has 1 rings (SSSR count). The van der Waals surface area contributed by atoms with Crippen LogP contribution in [0.25, 0.3) is 0 Å². The summed E-state index contributed by atoms with van der Waals surface area (Å²) in [5, 5.41) is 5.70. The molecular formula is C11H22N4O2. The lowest BCUT2D eigenvalue weighted by molar-refractivity contribution is -0.119. The summed E-state index contributed by atoms with van der Waals surface area (Å²) in [6.07, 6.45) is 3.83. The van der Waals surface area contributed by atoms with E-state index in [0.29, 0.717) is 19.1 Å². The molecule has 0 saturated heterocycles. The van der Waals surface area contributed by atoms with E-state index in [1.807, 2.05) is 0 Å². The van der Waals surface area contributed by atoms with Crippen LogP contribution in [-0.2, 0) is 9.53 Å². The van der Waals surface area contributed by atoms with Gasteiger partial charge in [0.05, 0.1) is 6.61 Å². The van der Waals surface area contributed by atoms with Crippen molar-refractivity contribution in [3.05, 3.63) is 0 Å². The molecule has 0 spiro atoms. The van der Waals surface area contributed by atoms with E-state index in [1.54, 1.807) is 7.11 Å². The summed E-state index contributed by atoms with van der Waals surface area (Å²) >= 11 is 0. The Morgan fingerprint density at radius 2 is 2.24 bits per heavy atom. The van der Waals surface area contributed by atoms with Crippen molar-refractivity contribution in [1.29, 1.82) is 0 Å². The van der Waals surface area contributed by atoms with E-state index in [9.17, 15) is 4.79 Å². The van der Waals surface area contributed by atoms with Crippen LogP contribution in [0.2, 0.25) is 0 Å². The SMILES string of the molecule is COCCNC(=O)CN=C(N)NCC1CCC1. The molecule has 1 fully saturated rings. The lowest BCUT2D eigenvalue weighted by atomic mass is 9.85. The van der Waals surface area contributed by atoms with Crippen LogP contribution in [0.4, 0.5) is 0 Å². The number of nitrogens with zero attached hydrogens (tertiary/aromatic N) is 1. The molecule has 0 unspecified atom stereocenters. The highest BCUT2D eigenvalue weighted by Gasteiger charge is 2.16. The average molecular weight is 242 g/mol. The van der Waals surface area contributed by atoms with Crippen LogP contribution in [0.3, 0.4) is 0 Å². The molecule has 17 heavy (non-hydrogen) atoms. The van der Waals surface area contributed by atoms with E-state index in [0.717, 1.165) is 12.5 Å². The van der Waals surface area contributed by atoms with Gasteiger partial charge in [-0.3, -0.25) is 4.79 Å². The topological polar surface area (TPSA) is 88.7 Å². The quantitative estimate of drug-likeness (QED) is 0.317. The zero-order chi connectivity index (χ0) is 12.5. The van der Waals surface area contributed by atoms with Crippen molar-refractivity contribution in [1.82, 2.24) is 10.6 Å². The molecule has 98 valence electrons. The molecule has 6 nitrogen and oxygen atoms in total. The number of hydrogen-bond acceptors (Lipinski definition) is 3. The summed E-state index contributed by atoms with van der Waals surface area (Å²) in [7, 11) is 1.59.